The normalized spacial score (nSPS) is 21.3. The molecule has 1 saturated carbocycles. The maximum Gasteiger partial charge on any atom is 0.215 e. The molecule has 114 valence electrons. The molecule has 1 fully saturated rings. The Kier molecular flexibility index (Phi) is 4.37. The predicted molar refractivity (Wildman–Crippen MR) is 88.1 cm³/mol. The number of anilines is 2. The molecule has 0 aromatic heterocycles. The van der Waals surface area contributed by atoms with E-state index < -0.39 is 6.04 Å². The molecule has 4 heteroatoms. The average molecular weight is 296 g/mol. The third-order valence-corrected chi connectivity index (χ3v) is 4.35. The number of hydrogen-bond donors (Lipinski definition) is 0. The van der Waals surface area contributed by atoms with Gasteiger partial charge in [-0.15, -0.1) is 0 Å². The van der Waals surface area contributed by atoms with Gasteiger partial charge in [-0.3, -0.25) is 10.1 Å². The number of rotatable bonds is 4. The van der Waals surface area contributed by atoms with Crippen molar-refractivity contribution in [2.24, 2.45) is 0 Å². The Hall–Kier alpha value is -2.36. The molecule has 1 aliphatic rings. The van der Waals surface area contributed by atoms with E-state index in [1.807, 2.05) is 36.4 Å². The lowest BCUT2D eigenvalue weighted by Crippen LogP contribution is -2.39. The van der Waals surface area contributed by atoms with E-state index in [2.05, 4.69) is 29.2 Å². The van der Waals surface area contributed by atoms with Crippen LogP contribution in [-0.4, -0.2) is 17.0 Å². The van der Waals surface area contributed by atoms with Crippen molar-refractivity contribution in [1.29, 1.82) is 0 Å². The zero-order valence-corrected chi connectivity index (χ0v) is 12.5. The smallest absolute Gasteiger partial charge is 0.215 e. The predicted octanol–water partition coefficient (Wildman–Crippen LogP) is 4.41. The first-order chi connectivity index (χ1) is 10.8. The highest BCUT2D eigenvalue weighted by Gasteiger charge is 2.33. The molecule has 2 aromatic carbocycles. The minimum Gasteiger partial charge on any atom is -0.338 e. The fraction of sp³-hybridized carbons (Fsp3) is 0.333. The van der Waals surface area contributed by atoms with Crippen molar-refractivity contribution in [2.45, 2.75) is 37.8 Å². The Balaban J connectivity index is 1.94. The zero-order chi connectivity index (χ0) is 15.4. The van der Waals surface area contributed by atoms with Crippen molar-refractivity contribution >= 4 is 11.4 Å². The van der Waals surface area contributed by atoms with Crippen LogP contribution in [0.2, 0.25) is 0 Å². The van der Waals surface area contributed by atoms with E-state index in [4.69, 9.17) is 0 Å². The van der Waals surface area contributed by atoms with Crippen LogP contribution in [0.3, 0.4) is 0 Å². The van der Waals surface area contributed by atoms with Crippen LogP contribution >= 0.6 is 0 Å². The van der Waals surface area contributed by atoms with Gasteiger partial charge in [0.05, 0.1) is 0 Å². The van der Waals surface area contributed by atoms with Crippen LogP contribution in [0, 0.1) is 10.1 Å². The van der Waals surface area contributed by atoms with Gasteiger partial charge in [0, 0.05) is 35.2 Å². The van der Waals surface area contributed by atoms with Gasteiger partial charge in [-0.25, -0.2) is 0 Å². The lowest BCUT2D eigenvalue weighted by molar-refractivity contribution is -0.526. The summed E-state index contributed by atoms with van der Waals surface area (Å²) in [4.78, 5) is 13.3. The van der Waals surface area contributed by atoms with Gasteiger partial charge in [-0.2, -0.15) is 0 Å². The molecule has 3 rings (SSSR count). The highest BCUT2D eigenvalue weighted by atomic mass is 16.6. The monoisotopic (exact) mass is 296 g/mol. The van der Waals surface area contributed by atoms with Gasteiger partial charge in [-0.1, -0.05) is 36.4 Å². The summed E-state index contributed by atoms with van der Waals surface area (Å²) in [6.07, 6.45) is 3.21. The van der Waals surface area contributed by atoms with Gasteiger partial charge in [0.25, 0.3) is 0 Å². The van der Waals surface area contributed by atoms with Gasteiger partial charge in [0.1, 0.15) is 0 Å². The van der Waals surface area contributed by atoms with Crippen molar-refractivity contribution < 1.29 is 4.92 Å². The summed E-state index contributed by atoms with van der Waals surface area (Å²) in [5.41, 5.74) is 2.20. The minimum atomic E-state index is -0.423. The van der Waals surface area contributed by atoms with Crippen molar-refractivity contribution in [3.05, 3.63) is 70.8 Å². The Morgan fingerprint density at radius 2 is 1.45 bits per heavy atom. The van der Waals surface area contributed by atoms with E-state index in [0.717, 1.165) is 24.2 Å². The Morgan fingerprint density at radius 3 is 1.95 bits per heavy atom. The largest absolute Gasteiger partial charge is 0.338 e. The van der Waals surface area contributed by atoms with Crippen LogP contribution in [0.25, 0.3) is 0 Å². The molecular weight excluding hydrogens is 276 g/mol. The summed E-state index contributed by atoms with van der Waals surface area (Å²) >= 11 is 0. The highest BCUT2D eigenvalue weighted by Crippen LogP contribution is 2.34. The van der Waals surface area contributed by atoms with Gasteiger partial charge in [-0.05, 0) is 37.1 Å². The van der Waals surface area contributed by atoms with E-state index >= 15 is 0 Å². The van der Waals surface area contributed by atoms with Crippen LogP contribution in [0.5, 0.6) is 0 Å². The number of hydrogen-bond acceptors (Lipinski definition) is 3. The maximum atomic E-state index is 11.2. The van der Waals surface area contributed by atoms with Crippen molar-refractivity contribution in [3.8, 4) is 0 Å². The molecule has 0 saturated heterocycles. The number of nitro groups is 1. The Bertz CT molecular complexity index is 576. The van der Waals surface area contributed by atoms with Crippen LogP contribution in [-0.2, 0) is 0 Å². The molecule has 0 bridgehead atoms. The van der Waals surface area contributed by atoms with Crippen LogP contribution < -0.4 is 4.90 Å². The molecule has 0 spiro atoms. The Labute approximate surface area is 130 Å². The second-order valence-electron chi connectivity index (χ2n) is 5.80. The molecule has 1 aliphatic carbocycles. The van der Waals surface area contributed by atoms with Gasteiger partial charge in [0.2, 0.25) is 6.04 Å². The fourth-order valence-electron chi connectivity index (χ4n) is 3.31. The molecule has 0 N–H and O–H groups in total. The first-order valence-electron chi connectivity index (χ1n) is 7.78. The third kappa shape index (κ3) is 3.11. The summed E-state index contributed by atoms with van der Waals surface area (Å²) in [6.45, 7) is 0. The molecule has 0 amide bonds. The number of para-hydroxylation sites is 2. The van der Waals surface area contributed by atoms with E-state index in [1.54, 1.807) is 0 Å². The first-order valence-corrected chi connectivity index (χ1v) is 7.78. The summed E-state index contributed by atoms with van der Waals surface area (Å²) in [5.74, 6) is 0. The average Bonchev–Trinajstić information content (AvgIpc) is 2.57. The SMILES string of the molecule is O=[N+]([O-])C1CCCC(N(c2ccccc2)c2ccccc2)C1. The van der Waals surface area contributed by atoms with Crippen molar-refractivity contribution in [2.75, 3.05) is 4.90 Å². The quantitative estimate of drug-likeness (QED) is 0.620. The van der Waals surface area contributed by atoms with Gasteiger partial charge >= 0.3 is 0 Å². The van der Waals surface area contributed by atoms with E-state index in [9.17, 15) is 10.1 Å². The summed E-state index contributed by atoms with van der Waals surface area (Å²) in [5, 5.41) is 11.2. The molecule has 0 radical (unpaired) electrons. The molecule has 4 nitrogen and oxygen atoms in total. The van der Waals surface area contributed by atoms with E-state index in [-0.39, 0.29) is 11.0 Å². The Morgan fingerprint density at radius 1 is 0.909 bits per heavy atom. The molecule has 22 heavy (non-hydrogen) atoms. The van der Waals surface area contributed by atoms with Crippen molar-refractivity contribution in [1.82, 2.24) is 0 Å². The molecule has 2 unspecified atom stereocenters. The summed E-state index contributed by atoms with van der Waals surface area (Å²) < 4.78 is 0. The lowest BCUT2D eigenvalue weighted by Gasteiger charge is -2.36. The van der Waals surface area contributed by atoms with Crippen LogP contribution in [0.1, 0.15) is 25.7 Å². The third-order valence-electron chi connectivity index (χ3n) is 4.35. The van der Waals surface area contributed by atoms with E-state index in [1.165, 1.54) is 0 Å². The first kappa shape index (κ1) is 14.6. The molecule has 0 aliphatic heterocycles. The molecule has 2 aromatic rings. The maximum absolute atomic E-state index is 11.2. The summed E-state index contributed by atoms with van der Waals surface area (Å²) in [7, 11) is 0. The molecule has 2 atom stereocenters. The van der Waals surface area contributed by atoms with E-state index in [0.29, 0.717) is 12.8 Å². The number of nitrogens with zero attached hydrogens (tertiary/aromatic N) is 2. The molecular formula is C18H20N2O2. The van der Waals surface area contributed by atoms with Gasteiger partial charge < -0.3 is 4.90 Å². The van der Waals surface area contributed by atoms with Crippen LogP contribution in [0.4, 0.5) is 11.4 Å². The second-order valence-corrected chi connectivity index (χ2v) is 5.80. The number of benzene rings is 2. The fourth-order valence-corrected chi connectivity index (χ4v) is 3.31. The van der Waals surface area contributed by atoms with Crippen molar-refractivity contribution in [3.63, 3.8) is 0 Å². The molecule has 0 heterocycles. The summed E-state index contributed by atoms with van der Waals surface area (Å²) in [6, 6.07) is 20.1. The minimum absolute atomic E-state index is 0.111. The zero-order valence-electron chi connectivity index (χ0n) is 12.5. The lowest BCUT2D eigenvalue weighted by atomic mass is 9.89. The van der Waals surface area contributed by atoms with Gasteiger partial charge in [0.15, 0.2) is 0 Å². The standard InChI is InChI=1S/C18H20N2O2/c21-20(22)18-13-7-12-17(14-18)19(15-8-3-1-4-9-15)16-10-5-2-6-11-16/h1-6,8-11,17-18H,7,12-14H2. The van der Waals surface area contributed by atoms with Crippen LogP contribution in [0.15, 0.2) is 60.7 Å². The second kappa shape index (κ2) is 6.60. The topological polar surface area (TPSA) is 46.4 Å². The highest BCUT2D eigenvalue weighted by molar-refractivity contribution is 5.64.